The number of nitrogens with two attached hydrogens (primary N) is 1. The Hall–Kier alpha value is -0.830. The zero-order valence-electron chi connectivity index (χ0n) is 10.5. The van der Waals surface area contributed by atoms with Crippen molar-refractivity contribution in [2.45, 2.75) is 32.2 Å². The summed E-state index contributed by atoms with van der Waals surface area (Å²) in [4.78, 5) is 1.43. The Morgan fingerprint density at radius 2 is 2.17 bits per heavy atom. The first-order valence-corrected chi connectivity index (χ1v) is 7.46. The van der Waals surface area contributed by atoms with Gasteiger partial charge in [-0.1, -0.05) is 29.8 Å². The van der Waals surface area contributed by atoms with Gasteiger partial charge in [-0.25, -0.2) is 0 Å². The van der Waals surface area contributed by atoms with Crippen LogP contribution in [0.5, 0.6) is 0 Å². The quantitative estimate of drug-likeness (QED) is 0.841. The van der Waals surface area contributed by atoms with Gasteiger partial charge >= 0.3 is 0 Å². The minimum absolute atomic E-state index is 0.0862. The zero-order chi connectivity index (χ0) is 13.0. The fraction of sp³-hybridized carbons (Fsp3) is 0.333. The van der Waals surface area contributed by atoms with E-state index in [0.29, 0.717) is 0 Å². The summed E-state index contributed by atoms with van der Waals surface area (Å²) in [6, 6.07) is 10.5. The molecule has 0 fully saturated rings. The first kappa shape index (κ1) is 13.6. The molecule has 0 aliphatic rings. The van der Waals surface area contributed by atoms with Gasteiger partial charge in [0.15, 0.2) is 0 Å². The molecular weight excluding hydrogens is 262 g/mol. The van der Waals surface area contributed by atoms with E-state index in [1.807, 2.05) is 30.4 Å². The molecule has 2 aromatic rings. The average Bonchev–Trinajstić information content (AvgIpc) is 2.85. The molecule has 0 saturated carbocycles. The summed E-state index contributed by atoms with van der Waals surface area (Å²) in [6.45, 7) is 2.01. The highest BCUT2D eigenvalue weighted by Gasteiger charge is 2.07. The standard InChI is InChI=1S/C15H18ClNS/c1-11-7-8-12(10-14(11)16)15(17)6-2-4-13-5-3-9-18-13/h3,5,7-10,15H,2,4,6,17H2,1H3. The normalized spacial score (nSPS) is 12.6. The number of halogens is 1. The first-order chi connectivity index (χ1) is 8.66. The molecule has 1 heterocycles. The van der Waals surface area contributed by atoms with Crippen molar-refractivity contribution in [3.05, 3.63) is 56.7 Å². The molecule has 96 valence electrons. The van der Waals surface area contributed by atoms with Gasteiger partial charge in [-0.3, -0.25) is 0 Å². The lowest BCUT2D eigenvalue weighted by Crippen LogP contribution is -2.10. The summed E-state index contributed by atoms with van der Waals surface area (Å²) >= 11 is 7.93. The predicted octanol–water partition coefficient (Wildman–Crippen LogP) is 4.73. The monoisotopic (exact) mass is 279 g/mol. The zero-order valence-corrected chi connectivity index (χ0v) is 12.1. The number of rotatable bonds is 5. The van der Waals surface area contributed by atoms with Crippen molar-refractivity contribution in [2.75, 3.05) is 0 Å². The van der Waals surface area contributed by atoms with Crippen molar-refractivity contribution in [3.63, 3.8) is 0 Å². The molecule has 0 aliphatic carbocycles. The summed E-state index contributed by atoms with van der Waals surface area (Å²) < 4.78 is 0. The molecule has 1 aromatic carbocycles. The van der Waals surface area contributed by atoms with Crippen LogP contribution in [0, 0.1) is 6.92 Å². The number of aryl methyl sites for hydroxylation is 2. The van der Waals surface area contributed by atoms with Crippen LogP contribution in [0.1, 0.15) is 34.9 Å². The predicted molar refractivity (Wildman–Crippen MR) is 80.4 cm³/mol. The smallest absolute Gasteiger partial charge is 0.0438 e. The minimum atomic E-state index is 0.0862. The highest BCUT2D eigenvalue weighted by atomic mass is 35.5. The van der Waals surface area contributed by atoms with Gasteiger partial charge in [0.1, 0.15) is 0 Å². The highest BCUT2D eigenvalue weighted by molar-refractivity contribution is 7.09. The SMILES string of the molecule is Cc1ccc(C(N)CCCc2cccs2)cc1Cl. The third-order valence-electron chi connectivity index (χ3n) is 3.14. The lowest BCUT2D eigenvalue weighted by molar-refractivity contribution is 0.614. The molecule has 3 heteroatoms. The van der Waals surface area contributed by atoms with Gasteiger partial charge in [-0.05, 0) is 54.8 Å². The second-order valence-electron chi connectivity index (χ2n) is 4.59. The molecule has 0 radical (unpaired) electrons. The second kappa shape index (κ2) is 6.37. The Kier molecular flexibility index (Phi) is 4.81. The lowest BCUT2D eigenvalue weighted by atomic mass is 10.0. The second-order valence-corrected chi connectivity index (χ2v) is 6.03. The van der Waals surface area contributed by atoms with Crippen molar-refractivity contribution in [1.29, 1.82) is 0 Å². The molecular formula is C15H18ClNS. The minimum Gasteiger partial charge on any atom is -0.324 e. The topological polar surface area (TPSA) is 26.0 Å². The van der Waals surface area contributed by atoms with Crippen molar-refractivity contribution in [1.82, 2.24) is 0 Å². The highest BCUT2D eigenvalue weighted by Crippen LogP contribution is 2.23. The fourth-order valence-electron chi connectivity index (χ4n) is 1.96. The van der Waals surface area contributed by atoms with Crippen LogP contribution in [-0.4, -0.2) is 0 Å². The third-order valence-corrected chi connectivity index (χ3v) is 4.49. The van der Waals surface area contributed by atoms with E-state index in [1.165, 1.54) is 4.88 Å². The molecule has 0 spiro atoms. The Labute approximate surface area is 118 Å². The molecule has 0 saturated heterocycles. The number of thiophene rings is 1. The molecule has 2 N–H and O–H groups in total. The molecule has 0 aliphatic heterocycles. The molecule has 1 aromatic heterocycles. The number of benzene rings is 1. The van der Waals surface area contributed by atoms with Gasteiger partial charge in [0.05, 0.1) is 0 Å². The molecule has 2 rings (SSSR count). The summed E-state index contributed by atoms with van der Waals surface area (Å²) in [5, 5.41) is 2.93. The van der Waals surface area contributed by atoms with Crippen LogP contribution in [0.4, 0.5) is 0 Å². The maximum absolute atomic E-state index is 6.20. The van der Waals surface area contributed by atoms with Crippen molar-refractivity contribution >= 4 is 22.9 Å². The van der Waals surface area contributed by atoms with Gasteiger partial charge in [0, 0.05) is 15.9 Å². The van der Waals surface area contributed by atoms with Gasteiger partial charge in [0.2, 0.25) is 0 Å². The Bertz CT molecular complexity index is 493. The Morgan fingerprint density at radius 1 is 1.33 bits per heavy atom. The molecule has 0 amide bonds. The van der Waals surface area contributed by atoms with Gasteiger partial charge in [0.25, 0.3) is 0 Å². The molecule has 1 nitrogen and oxygen atoms in total. The Morgan fingerprint density at radius 3 is 2.83 bits per heavy atom. The number of hydrogen-bond acceptors (Lipinski definition) is 2. The average molecular weight is 280 g/mol. The Balaban J connectivity index is 1.87. The van der Waals surface area contributed by atoms with E-state index in [-0.39, 0.29) is 6.04 Å². The summed E-state index contributed by atoms with van der Waals surface area (Å²) in [6.07, 6.45) is 3.23. The van der Waals surface area contributed by atoms with Crippen LogP contribution in [0.3, 0.4) is 0 Å². The van der Waals surface area contributed by atoms with Crippen LogP contribution < -0.4 is 5.73 Å². The molecule has 1 unspecified atom stereocenters. The molecule has 0 bridgehead atoms. The van der Waals surface area contributed by atoms with Gasteiger partial charge < -0.3 is 5.73 Å². The summed E-state index contributed by atoms with van der Waals surface area (Å²) in [5.41, 5.74) is 8.44. The van der Waals surface area contributed by atoms with Crippen LogP contribution in [0.15, 0.2) is 35.7 Å². The van der Waals surface area contributed by atoms with Crippen molar-refractivity contribution in [2.24, 2.45) is 5.73 Å². The van der Waals surface area contributed by atoms with E-state index in [0.717, 1.165) is 35.4 Å². The maximum atomic E-state index is 6.20. The van der Waals surface area contributed by atoms with E-state index < -0.39 is 0 Å². The van der Waals surface area contributed by atoms with Crippen molar-refractivity contribution < 1.29 is 0 Å². The van der Waals surface area contributed by atoms with Crippen LogP contribution in [-0.2, 0) is 6.42 Å². The van der Waals surface area contributed by atoms with Crippen LogP contribution in [0.25, 0.3) is 0 Å². The van der Waals surface area contributed by atoms with E-state index in [4.69, 9.17) is 17.3 Å². The van der Waals surface area contributed by atoms with E-state index in [2.05, 4.69) is 23.6 Å². The summed E-state index contributed by atoms with van der Waals surface area (Å²) in [5.74, 6) is 0. The van der Waals surface area contributed by atoms with E-state index >= 15 is 0 Å². The van der Waals surface area contributed by atoms with Gasteiger partial charge in [-0.15, -0.1) is 11.3 Å². The van der Waals surface area contributed by atoms with E-state index in [9.17, 15) is 0 Å². The molecule has 18 heavy (non-hydrogen) atoms. The summed E-state index contributed by atoms with van der Waals surface area (Å²) in [7, 11) is 0. The largest absolute Gasteiger partial charge is 0.324 e. The van der Waals surface area contributed by atoms with Gasteiger partial charge in [-0.2, -0.15) is 0 Å². The third kappa shape index (κ3) is 3.58. The van der Waals surface area contributed by atoms with Crippen LogP contribution in [0.2, 0.25) is 5.02 Å². The lowest BCUT2D eigenvalue weighted by Gasteiger charge is -2.12. The van der Waals surface area contributed by atoms with Crippen LogP contribution >= 0.6 is 22.9 Å². The van der Waals surface area contributed by atoms with E-state index in [1.54, 1.807) is 0 Å². The first-order valence-electron chi connectivity index (χ1n) is 6.21. The maximum Gasteiger partial charge on any atom is 0.0438 e. The fourth-order valence-corrected chi connectivity index (χ4v) is 2.90. The molecule has 1 atom stereocenters. The number of hydrogen-bond donors (Lipinski definition) is 1. The van der Waals surface area contributed by atoms with Crippen molar-refractivity contribution in [3.8, 4) is 0 Å².